The highest BCUT2D eigenvalue weighted by atomic mass is 16.2. The second-order valence-corrected chi connectivity index (χ2v) is 5.94. The van der Waals surface area contributed by atoms with Crippen molar-refractivity contribution in [3.63, 3.8) is 0 Å². The highest BCUT2D eigenvalue weighted by molar-refractivity contribution is 6.10. The molecule has 3 rings (SSSR count). The summed E-state index contributed by atoms with van der Waals surface area (Å²) in [6.07, 6.45) is 2.10. The Morgan fingerprint density at radius 3 is 2.75 bits per heavy atom. The fraction of sp³-hybridized carbons (Fsp3) is 0.294. The Bertz CT molecular complexity index is 830. The zero-order chi connectivity index (χ0) is 17.3. The first-order chi connectivity index (χ1) is 11.4. The van der Waals surface area contributed by atoms with Crippen LogP contribution in [0.25, 0.3) is 10.9 Å². The third kappa shape index (κ3) is 2.68. The van der Waals surface area contributed by atoms with Crippen molar-refractivity contribution in [3.05, 3.63) is 36.5 Å². The molecule has 0 bridgehead atoms. The van der Waals surface area contributed by atoms with Gasteiger partial charge < -0.3 is 10.6 Å². The van der Waals surface area contributed by atoms with Crippen molar-refractivity contribution in [3.8, 4) is 0 Å². The number of nitrogens with one attached hydrogen (secondary N) is 2. The summed E-state index contributed by atoms with van der Waals surface area (Å²) < 4.78 is 0. The summed E-state index contributed by atoms with van der Waals surface area (Å²) in [5, 5.41) is 6.24. The molecule has 0 radical (unpaired) electrons. The molecule has 4 amide bonds. The van der Waals surface area contributed by atoms with Crippen LogP contribution in [0.2, 0.25) is 0 Å². The molecule has 0 spiro atoms. The van der Waals surface area contributed by atoms with Crippen LogP contribution in [0.15, 0.2) is 36.5 Å². The molecule has 7 heteroatoms. The van der Waals surface area contributed by atoms with Gasteiger partial charge in [0.05, 0.1) is 11.2 Å². The molecular weight excluding hydrogens is 308 g/mol. The summed E-state index contributed by atoms with van der Waals surface area (Å²) >= 11 is 0. The topological polar surface area (TPSA) is 91.4 Å². The van der Waals surface area contributed by atoms with E-state index in [9.17, 15) is 14.4 Å². The maximum absolute atomic E-state index is 12.3. The summed E-state index contributed by atoms with van der Waals surface area (Å²) in [6.45, 7) is 3.13. The average Bonchev–Trinajstić information content (AvgIpc) is 2.79. The van der Waals surface area contributed by atoms with Crippen molar-refractivity contribution >= 4 is 34.4 Å². The Balaban J connectivity index is 1.76. The molecule has 24 heavy (non-hydrogen) atoms. The van der Waals surface area contributed by atoms with Gasteiger partial charge in [-0.2, -0.15) is 0 Å². The maximum atomic E-state index is 12.3. The Hall–Kier alpha value is -2.96. The number of para-hydroxylation sites is 1. The second-order valence-electron chi connectivity index (χ2n) is 5.94. The lowest BCUT2D eigenvalue weighted by Gasteiger charge is -2.19. The van der Waals surface area contributed by atoms with Crippen molar-refractivity contribution in [2.24, 2.45) is 0 Å². The summed E-state index contributed by atoms with van der Waals surface area (Å²) in [5.74, 6) is -0.835. The summed E-state index contributed by atoms with van der Waals surface area (Å²) in [5.41, 5.74) is 0.255. The SMILES string of the molecule is CC[C@@]1(C)NC(=O)N(CC(=O)Nc2cccc3cccnc23)C1=O. The molecule has 1 fully saturated rings. The minimum absolute atomic E-state index is 0.330. The van der Waals surface area contributed by atoms with Gasteiger partial charge in [0.25, 0.3) is 5.91 Å². The van der Waals surface area contributed by atoms with Crippen molar-refractivity contribution in [1.29, 1.82) is 0 Å². The van der Waals surface area contributed by atoms with E-state index in [-0.39, 0.29) is 12.5 Å². The number of urea groups is 1. The number of anilines is 1. The maximum Gasteiger partial charge on any atom is 0.325 e. The summed E-state index contributed by atoms with van der Waals surface area (Å²) in [4.78, 5) is 41.8. The predicted molar refractivity (Wildman–Crippen MR) is 89.3 cm³/mol. The number of hydrogen-bond donors (Lipinski definition) is 2. The summed E-state index contributed by atoms with van der Waals surface area (Å²) in [7, 11) is 0. The summed E-state index contributed by atoms with van der Waals surface area (Å²) in [6, 6.07) is 8.59. The molecule has 1 aliphatic rings. The number of rotatable bonds is 4. The van der Waals surface area contributed by atoms with Gasteiger partial charge in [0.2, 0.25) is 5.91 Å². The molecule has 1 atom stereocenters. The Labute approximate surface area is 139 Å². The molecule has 7 nitrogen and oxygen atoms in total. The van der Waals surface area contributed by atoms with E-state index in [1.165, 1.54) is 0 Å². The third-order valence-corrected chi connectivity index (χ3v) is 4.26. The van der Waals surface area contributed by atoms with Crippen LogP contribution in [-0.2, 0) is 9.59 Å². The number of nitrogens with zero attached hydrogens (tertiary/aromatic N) is 2. The van der Waals surface area contributed by atoms with E-state index in [0.717, 1.165) is 10.3 Å². The van der Waals surface area contributed by atoms with Crippen molar-refractivity contribution < 1.29 is 14.4 Å². The lowest BCUT2D eigenvalue weighted by molar-refractivity contribution is -0.133. The number of fused-ring (bicyclic) bond motifs is 1. The van der Waals surface area contributed by atoms with Crippen LogP contribution < -0.4 is 10.6 Å². The van der Waals surface area contributed by atoms with Crippen LogP contribution in [0, 0.1) is 0 Å². The van der Waals surface area contributed by atoms with Gasteiger partial charge in [-0.1, -0.05) is 25.1 Å². The van der Waals surface area contributed by atoms with E-state index < -0.39 is 17.5 Å². The van der Waals surface area contributed by atoms with Gasteiger partial charge in [-0.25, -0.2) is 4.79 Å². The number of carbonyl (C=O) groups is 3. The molecule has 2 aromatic rings. The zero-order valence-corrected chi connectivity index (χ0v) is 13.5. The van der Waals surface area contributed by atoms with E-state index in [0.29, 0.717) is 17.6 Å². The van der Waals surface area contributed by atoms with Crippen molar-refractivity contribution in [1.82, 2.24) is 15.2 Å². The van der Waals surface area contributed by atoms with Crippen LogP contribution in [0.1, 0.15) is 20.3 Å². The molecule has 1 aliphatic heterocycles. The normalized spacial score (nSPS) is 20.3. The fourth-order valence-corrected chi connectivity index (χ4v) is 2.67. The van der Waals surface area contributed by atoms with Gasteiger partial charge >= 0.3 is 6.03 Å². The zero-order valence-electron chi connectivity index (χ0n) is 13.5. The van der Waals surface area contributed by atoms with Crippen LogP contribution in [0.4, 0.5) is 10.5 Å². The lowest BCUT2D eigenvalue weighted by Crippen LogP contribution is -2.44. The quantitative estimate of drug-likeness (QED) is 0.839. The van der Waals surface area contributed by atoms with E-state index in [2.05, 4.69) is 15.6 Å². The molecule has 2 N–H and O–H groups in total. The van der Waals surface area contributed by atoms with Gasteiger partial charge in [-0.05, 0) is 25.5 Å². The Kier molecular flexibility index (Phi) is 3.92. The smallest absolute Gasteiger partial charge is 0.323 e. The van der Waals surface area contributed by atoms with Crippen LogP contribution in [0.3, 0.4) is 0 Å². The molecule has 0 unspecified atom stereocenters. The number of amides is 4. The Morgan fingerprint density at radius 1 is 1.29 bits per heavy atom. The van der Waals surface area contributed by atoms with Crippen LogP contribution in [-0.4, -0.2) is 39.8 Å². The number of aromatic nitrogens is 1. The number of pyridine rings is 1. The van der Waals surface area contributed by atoms with E-state index in [1.54, 1.807) is 19.2 Å². The molecule has 0 saturated carbocycles. The largest absolute Gasteiger partial charge is 0.325 e. The van der Waals surface area contributed by atoms with E-state index in [4.69, 9.17) is 0 Å². The van der Waals surface area contributed by atoms with Gasteiger partial charge in [-0.3, -0.25) is 19.5 Å². The molecule has 1 saturated heterocycles. The highest BCUT2D eigenvalue weighted by Crippen LogP contribution is 2.22. The number of carbonyl (C=O) groups excluding carboxylic acids is 3. The molecule has 1 aromatic carbocycles. The first-order valence-corrected chi connectivity index (χ1v) is 7.72. The van der Waals surface area contributed by atoms with Crippen molar-refractivity contribution in [2.45, 2.75) is 25.8 Å². The minimum atomic E-state index is -0.946. The van der Waals surface area contributed by atoms with Crippen LogP contribution >= 0.6 is 0 Å². The van der Waals surface area contributed by atoms with Gasteiger partial charge in [0, 0.05) is 11.6 Å². The van der Waals surface area contributed by atoms with Gasteiger partial charge in [0.1, 0.15) is 12.1 Å². The van der Waals surface area contributed by atoms with Crippen LogP contribution in [0.5, 0.6) is 0 Å². The first-order valence-electron chi connectivity index (χ1n) is 7.72. The third-order valence-electron chi connectivity index (χ3n) is 4.26. The van der Waals surface area contributed by atoms with Crippen molar-refractivity contribution in [2.75, 3.05) is 11.9 Å². The highest BCUT2D eigenvalue weighted by Gasteiger charge is 2.46. The molecule has 1 aromatic heterocycles. The Morgan fingerprint density at radius 2 is 2.04 bits per heavy atom. The molecule has 0 aliphatic carbocycles. The molecule has 124 valence electrons. The van der Waals surface area contributed by atoms with Gasteiger partial charge in [0.15, 0.2) is 0 Å². The lowest BCUT2D eigenvalue weighted by atomic mass is 9.99. The monoisotopic (exact) mass is 326 g/mol. The number of imide groups is 1. The number of hydrogen-bond acceptors (Lipinski definition) is 4. The standard InChI is InChI=1S/C17H18N4O3/c1-3-17(2)15(23)21(16(24)20-17)10-13(22)19-12-8-4-6-11-7-5-9-18-14(11)12/h4-9H,3,10H2,1-2H3,(H,19,22)(H,20,24)/t17-/m1/s1. The average molecular weight is 326 g/mol. The number of benzene rings is 1. The predicted octanol–water partition coefficient (Wildman–Crippen LogP) is 1.89. The van der Waals surface area contributed by atoms with E-state index in [1.807, 2.05) is 31.2 Å². The van der Waals surface area contributed by atoms with E-state index >= 15 is 0 Å². The molecular formula is C17H18N4O3. The fourth-order valence-electron chi connectivity index (χ4n) is 2.67. The first kappa shape index (κ1) is 15.9. The van der Waals surface area contributed by atoms with Gasteiger partial charge in [-0.15, -0.1) is 0 Å². The minimum Gasteiger partial charge on any atom is -0.323 e. The molecule has 2 heterocycles. The second kappa shape index (κ2) is 5.92.